The number of hydrogen-bond acceptors (Lipinski definition) is 6. The molecule has 0 bridgehead atoms. The van der Waals surface area contributed by atoms with Crippen LogP contribution in [0.5, 0.6) is 0 Å². The molecule has 0 aliphatic heterocycles. The summed E-state index contributed by atoms with van der Waals surface area (Å²) in [5, 5.41) is 6.68. The zero-order chi connectivity index (χ0) is 21.5. The number of aromatic nitrogens is 1. The van der Waals surface area contributed by atoms with Crippen LogP contribution in [0.1, 0.15) is 31.7 Å². The molecule has 8 heteroatoms. The highest BCUT2D eigenvalue weighted by molar-refractivity contribution is 7.80. The number of carbonyl (C=O) groups excluding carboxylic acids is 2. The first kappa shape index (κ1) is 21.9. The maximum atomic E-state index is 11.9. The van der Waals surface area contributed by atoms with Crippen LogP contribution in [0, 0.1) is 6.92 Å². The first-order valence-electron chi connectivity index (χ1n) is 9.68. The highest BCUT2D eigenvalue weighted by atomic mass is 32.1. The highest BCUT2D eigenvalue weighted by Crippen LogP contribution is 2.31. The van der Waals surface area contributed by atoms with Crippen LogP contribution >= 0.6 is 23.6 Å². The molecule has 0 unspecified atom stereocenters. The summed E-state index contributed by atoms with van der Waals surface area (Å²) >= 11 is 6.83. The summed E-state index contributed by atoms with van der Waals surface area (Å²) in [5.74, 6) is -0.714. The Kier molecular flexibility index (Phi) is 7.48. The molecule has 0 aliphatic carbocycles. The van der Waals surface area contributed by atoms with E-state index >= 15 is 0 Å². The van der Waals surface area contributed by atoms with Gasteiger partial charge in [0.25, 0.3) is 0 Å². The van der Waals surface area contributed by atoms with Gasteiger partial charge in [0.2, 0.25) is 5.91 Å². The Bertz CT molecular complexity index is 1060. The number of ether oxygens (including phenoxy) is 1. The molecule has 1 amide bonds. The smallest absolute Gasteiger partial charge is 0.306 e. The molecular formula is C22H23N3O3S2. The number of hydrogen-bond donors (Lipinski definition) is 2. The molecule has 30 heavy (non-hydrogen) atoms. The number of carbonyl (C=O) groups is 2. The lowest BCUT2D eigenvalue weighted by Crippen LogP contribution is -2.34. The van der Waals surface area contributed by atoms with Crippen molar-refractivity contribution in [1.82, 2.24) is 10.3 Å². The molecule has 0 saturated heterocycles. The summed E-state index contributed by atoms with van der Waals surface area (Å²) in [6.07, 6.45) is 0.814. The molecule has 1 aromatic heterocycles. The number of aryl methyl sites for hydroxylation is 1. The largest absolute Gasteiger partial charge is 0.466 e. The van der Waals surface area contributed by atoms with Crippen molar-refractivity contribution in [3.8, 4) is 10.6 Å². The minimum absolute atomic E-state index is 0.0282. The van der Waals surface area contributed by atoms with E-state index in [0.29, 0.717) is 6.61 Å². The van der Waals surface area contributed by atoms with E-state index in [9.17, 15) is 9.59 Å². The van der Waals surface area contributed by atoms with Crippen LogP contribution in [0.4, 0.5) is 5.69 Å². The fraction of sp³-hybridized carbons (Fsp3) is 0.273. The van der Waals surface area contributed by atoms with E-state index in [1.807, 2.05) is 37.3 Å². The van der Waals surface area contributed by atoms with Gasteiger partial charge in [0.15, 0.2) is 5.11 Å². The van der Waals surface area contributed by atoms with E-state index in [0.717, 1.165) is 32.9 Å². The number of thiocarbonyl (C=S) groups is 1. The third kappa shape index (κ3) is 6.08. The standard InChI is InChI=1S/C22H23N3O3S2/c1-3-12-28-20(27)11-10-19(26)25-22(29)23-16-7-5-15(6-8-16)21-24-17-9-4-14(2)13-18(17)30-21/h4-9,13H,3,10-12H2,1-2H3,(H2,23,25,26,29). The molecule has 1 heterocycles. The van der Waals surface area contributed by atoms with Gasteiger partial charge in [0.05, 0.1) is 23.2 Å². The summed E-state index contributed by atoms with van der Waals surface area (Å²) < 4.78 is 6.10. The minimum Gasteiger partial charge on any atom is -0.466 e. The van der Waals surface area contributed by atoms with Crippen molar-refractivity contribution in [2.75, 3.05) is 11.9 Å². The maximum absolute atomic E-state index is 11.9. The molecule has 0 aliphatic rings. The van der Waals surface area contributed by atoms with E-state index in [-0.39, 0.29) is 29.8 Å². The monoisotopic (exact) mass is 441 g/mol. The molecule has 2 aromatic carbocycles. The van der Waals surface area contributed by atoms with Gasteiger partial charge < -0.3 is 15.4 Å². The fourth-order valence-electron chi connectivity index (χ4n) is 2.71. The second kappa shape index (κ2) is 10.3. The van der Waals surface area contributed by atoms with Crippen molar-refractivity contribution < 1.29 is 14.3 Å². The van der Waals surface area contributed by atoms with Gasteiger partial charge in [-0.15, -0.1) is 11.3 Å². The number of fused-ring (bicyclic) bond motifs is 1. The van der Waals surface area contributed by atoms with Crippen molar-refractivity contribution >= 4 is 56.4 Å². The Morgan fingerprint density at radius 3 is 2.63 bits per heavy atom. The normalized spacial score (nSPS) is 10.6. The van der Waals surface area contributed by atoms with E-state index in [1.165, 1.54) is 5.56 Å². The van der Waals surface area contributed by atoms with Gasteiger partial charge in [-0.25, -0.2) is 4.98 Å². The molecule has 0 radical (unpaired) electrons. The quantitative estimate of drug-likeness (QED) is 0.404. The van der Waals surface area contributed by atoms with Crippen molar-refractivity contribution in [3.63, 3.8) is 0 Å². The van der Waals surface area contributed by atoms with Gasteiger partial charge in [-0.2, -0.15) is 0 Å². The molecule has 6 nitrogen and oxygen atoms in total. The molecule has 3 rings (SSSR count). The predicted molar refractivity (Wildman–Crippen MR) is 125 cm³/mol. The van der Waals surface area contributed by atoms with Gasteiger partial charge in [0.1, 0.15) is 5.01 Å². The van der Waals surface area contributed by atoms with Crippen molar-refractivity contribution in [3.05, 3.63) is 48.0 Å². The molecule has 0 fully saturated rings. The van der Waals surface area contributed by atoms with Crippen molar-refractivity contribution in [1.29, 1.82) is 0 Å². The van der Waals surface area contributed by atoms with Crippen LogP contribution in [0.15, 0.2) is 42.5 Å². The molecule has 0 spiro atoms. The van der Waals surface area contributed by atoms with Gasteiger partial charge >= 0.3 is 5.97 Å². The SMILES string of the molecule is CCCOC(=O)CCC(=O)NC(=S)Nc1ccc(-c2nc3ccc(C)cc3s2)cc1. The summed E-state index contributed by atoms with van der Waals surface area (Å²) in [5.41, 5.74) is 3.97. The Balaban J connectivity index is 1.52. The zero-order valence-electron chi connectivity index (χ0n) is 16.9. The van der Waals surface area contributed by atoms with Gasteiger partial charge in [0, 0.05) is 17.7 Å². The number of esters is 1. The predicted octanol–water partition coefficient (Wildman–Crippen LogP) is 4.82. The Hall–Kier alpha value is -2.84. The van der Waals surface area contributed by atoms with Gasteiger partial charge in [-0.1, -0.05) is 13.0 Å². The molecular weight excluding hydrogens is 418 g/mol. The topological polar surface area (TPSA) is 80.3 Å². The lowest BCUT2D eigenvalue weighted by Gasteiger charge is -2.10. The Morgan fingerprint density at radius 1 is 1.13 bits per heavy atom. The lowest BCUT2D eigenvalue weighted by molar-refractivity contribution is -0.144. The molecule has 2 N–H and O–H groups in total. The zero-order valence-corrected chi connectivity index (χ0v) is 18.5. The fourth-order valence-corrected chi connectivity index (χ4v) is 4.01. The van der Waals surface area contributed by atoms with E-state index in [2.05, 4.69) is 34.7 Å². The Morgan fingerprint density at radius 2 is 1.90 bits per heavy atom. The van der Waals surface area contributed by atoms with Gasteiger partial charge in [-0.3, -0.25) is 9.59 Å². The maximum Gasteiger partial charge on any atom is 0.306 e. The third-order valence-corrected chi connectivity index (χ3v) is 5.48. The number of amides is 1. The first-order chi connectivity index (χ1) is 14.4. The second-order valence-electron chi connectivity index (χ2n) is 6.79. The Labute approximate surface area is 184 Å². The molecule has 3 aromatic rings. The number of rotatable bonds is 7. The first-order valence-corrected chi connectivity index (χ1v) is 10.9. The van der Waals surface area contributed by atoms with Gasteiger partial charge in [-0.05, 0) is 67.5 Å². The van der Waals surface area contributed by atoms with Crippen LogP contribution in [0.2, 0.25) is 0 Å². The number of nitrogens with zero attached hydrogens (tertiary/aromatic N) is 1. The van der Waals surface area contributed by atoms with Crippen LogP contribution in [-0.4, -0.2) is 28.6 Å². The summed E-state index contributed by atoms with van der Waals surface area (Å²) in [6.45, 7) is 4.35. The molecule has 0 atom stereocenters. The van der Waals surface area contributed by atoms with Crippen LogP contribution in [0.3, 0.4) is 0 Å². The average Bonchev–Trinajstić information content (AvgIpc) is 3.14. The second-order valence-corrected chi connectivity index (χ2v) is 8.23. The van der Waals surface area contributed by atoms with Crippen molar-refractivity contribution in [2.45, 2.75) is 33.1 Å². The molecule has 156 valence electrons. The van der Waals surface area contributed by atoms with Crippen LogP contribution in [-0.2, 0) is 14.3 Å². The highest BCUT2D eigenvalue weighted by Gasteiger charge is 2.10. The van der Waals surface area contributed by atoms with E-state index in [1.54, 1.807) is 11.3 Å². The van der Waals surface area contributed by atoms with E-state index < -0.39 is 0 Å². The lowest BCUT2D eigenvalue weighted by atomic mass is 10.2. The van der Waals surface area contributed by atoms with E-state index in [4.69, 9.17) is 17.0 Å². The number of thiazole rings is 1. The summed E-state index contributed by atoms with van der Waals surface area (Å²) in [6, 6.07) is 13.9. The number of nitrogens with one attached hydrogen (secondary N) is 2. The third-order valence-electron chi connectivity index (χ3n) is 4.21. The van der Waals surface area contributed by atoms with Crippen LogP contribution in [0.25, 0.3) is 20.8 Å². The van der Waals surface area contributed by atoms with Crippen LogP contribution < -0.4 is 10.6 Å². The average molecular weight is 442 g/mol. The van der Waals surface area contributed by atoms with Crippen molar-refractivity contribution in [2.24, 2.45) is 0 Å². The number of benzene rings is 2. The minimum atomic E-state index is -0.383. The summed E-state index contributed by atoms with van der Waals surface area (Å²) in [7, 11) is 0. The molecule has 0 saturated carbocycles. The number of anilines is 1. The summed E-state index contributed by atoms with van der Waals surface area (Å²) in [4.78, 5) is 28.1.